The van der Waals surface area contributed by atoms with Gasteiger partial charge in [0.25, 0.3) is 0 Å². The lowest BCUT2D eigenvalue weighted by atomic mass is 9.80. The molecule has 17 rings (SSSR count). The Kier molecular flexibility index (Phi) is 6.13. The van der Waals surface area contributed by atoms with Gasteiger partial charge in [0.2, 0.25) is 0 Å². The first-order valence-corrected chi connectivity index (χ1v) is 23.8. The summed E-state index contributed by atoms with van der Waals surface area (Å²) in [6, 6.07) is 75.0. The molecule has 306 valence electrons. The highest BCUT2D eigenvalue weighted by Gasteiger charge is 2.40. The monoisotopic (exact) mass is 842 g/mol. The lowest BCUT2D eigenvalue weighted by Gasteiger charge is -2.23. The van der Waals surface area contributed by atoms with Crippen molar-refractivity contribution in [2.45, 2.75) is 19.3 Å². The summed E-state index contributed by atoms with van der Waals surface area (Å²) in [6.45, 7) is 4.89. The first kappa shape index (κ1) is 35.0. The van der Waals surface area contributed by atoms with E-state index in [1.54, 1.807) is 0 Å². The number of fused-ring (bicyclic) bond motifs is 9. The molecule has 67 heavy (non-hydrogen) atoms. The Balaban J connectivity index is 0.826. The first-order chi connectivity index (χ1) is 33.0. The topological polar surface area (TPSA) is 0 Å². The molecule has 0 aliphatic heterocycles. The van der Waals surface area contributed by atoms with Crippen molar-refractivity contribution in [3.63, 3.8) is 0 Å². The van der Waals surface area contributed by atoms with Gasteiger partial charge in [0.05, 0.1) is 0 Å². The molecule has 0 nitrogen and oxygen atoms in total. The van der Waals surface area contributed by atoms with Gasteiger partial charge in [-0.15, -0.1) is 0 Å². The molecule has 0 amide bonds. The van der Waals surface area contributed by atoms with E-state index in [-0.39, 0.29) is 5.41 Å². The van der Waals surface area contributed by atoms with Gasteiger partial charge in [0.1, 0.15) is 0 Å². The normalized spacial score (nSPS) is 13.9. The highest BCUT2D eigenvalue weighted by atomic mass is 14.4. The molecule has 0 radical (unpaired) electrons. The van der Waals surface area contributed by atoms with Crippen LogP contribution in [0, 0.1) is 0 Å². The van der Waals surface area contributed by atoms with Crippen molar-refractivity contribution < 1.29 is 0 Å². The molecule has 14 aromatic rings. The smallest absolute Gasteiger partial charge is 0.0159 e. The maximum atomic E-state index is 2.55. The van der Waals surface area contributed by atoms with Crippen molar-refractivity contribution in [2.75, 3.05) is 0 Å². The van der Waals surface area contributed by atoms with Crippen molar-refractivity contribution in [3.8, 4) is 77.9 Å². The molecule has 0 unspecified atom stereocenters. The Morgan fingerprint density at radius 1 is 0.209 bits per heavy atom. The quantitative estimate of drug-likeness (QED) is 0.152. The van der Waals surface area contributed by atoms with E-state index in [1.807, 2.05) is 0 Å². The highest BCUT2D eigenvalue weighted by molar-refractivity contribution is 6.29. The number of hydrogen-bond donors (Lipinski definition) is 0. The van der Waals surface area contributed by atoms with E-state index in [0.29, 0.717) is 0 Å². The fourth-order valence-electron chi connectivity index (χ4n) is 13.8. The van der Waals surface area contributed by atoms with Crippen LogP contribution in [0.3, 0.4) is 0 Å². The zero-order chi connectivity index (χ0) is 43.6. The van der Waals surface area contributed by atoms with Gasteiger partial charge in [-0.3, -0.25) is 0 Å². The minimum absolute atomic E-state index is 0.167. The number of benzene rings is 14. The Morgan fingerprint density at radius 3 is 0.940 bits per heavy atom. The summed E-state index contributed by atoms with van der Waals surface area (Å²) in [5.74, 6) is 0. The molecule has 0 heterocycles. The van der Waals surface area contributed by atoms with Crippen LogP contribution in [0.5, 0.6) is 0 Å². The maximum Gasteiger partial charge on any atom is 0.0159 e. The summed E-state index contributed by atoms with van der Waals surface area (Å²) in [5, 5.41) is 21.3. The second-order valence-electron chi connectivity index (χ2n) is 20.2. The summed E-state index contributed by atoms with van der Waals surface area (Å²) >= 11 is 0. The van der Waals surface area contributed by atoms with Crippen LogP contribution < -0.4 is 0 Å². The molecule has 0 N–H and O–H groups in total. The molecule has 0 spiro atoms. The Hall–Kier alpha value is -8.32. The molecule has 0 saturated heterocycles. The maximum absolute atomic E-state index is 2.55. The summed E-state index contributed by atoms with van der Waals surface area (Å²) in [5.41, 5.74) is 21.4. The van der Waals surface area contributed by atoms with Gasteiger partial charge in [0, 0.05) is 5.41 Å². The van der Waals surface area contributed by atoms with Gasteiger partial charge in [0.15, 0.2) is 0 Å². The van der Waals surface area contributed by atoms with E-state index in [2.05, 4.69) is 208 Å². The van der Waals surface area contributed by atoms with Crippen LogP contribution in [-0.2, 0) is 5.41 Å². The van der Waals surface area contributed by atoms with Crippen LogP contribution in [-0.4, -0.2) is 0 Å². The van der Waals surface area contributed by atoms with E-state index in [1.165, 1.54) is 175 Å². The standard InChI is InChI=1S/C67H38/c1-67(2)59-33-55-51-29-27-43(41-23-19-39-17-15-35-7-3-9-37-21-25-49(41)63(39)61(35)37)45-11-5-13-47(65(45)51)53(55)31-57(59)58-32-54-48-14-6-12-46-44(28-30-52(66(46)48)56(54)34-60(58)67)42-24-20-40-18-16-36-8-4-10-38-22-26-50(42)64(40)62(36)38/h3-34H,1-2H3. The zero-order valence-electron chi connectivity index (χ0n) is 37.0. The fourth-order valence-corrected chi connectivity index (χ4v) is 13.8. The SMILES string of the molecule is CC1(C)c2cc3c(cc2-c2cc4c(cc21)-c1ccc(-c2ccc5ccc6cccc7ccc2c5c67)c2cccc-4c12)-c1cccc2c(-c4ccc5ccc6cccc7ccc4c5c67)ccc-3c12. The van der Waals surface area contributed by atoms with E-state index in [4.69, 9.17) is 0 Å². The molecule has 3 aliphatic carbocycles. The van der Waals surface area contributed by atoms with Crippen LogP contribution in [0.2, 0.25) is 0 Å². The first-order valence-electron chi connectivity index (χ1n) is 23.8. The van der Waals surface area contributed by atoms with Crippen LogP contribution in [0.15, 0.2) is 194 Å². The summed E-state index contributed by atoms with van der Waals surface area (Å²) in [7, 11) is 0. The molecular formula is C67H38. The molecule has 0 atom stereocenters. The summed E-state index contributed by atoms with van der Waals surface area (Å²) < 4.78 is 0. The molecule has 0 saturated carbocycles. The lowest BCUT2D eigenvalue weighted by Crippen LogP contribution is -2.15. The second-order valence-corrected chi connectivity index (χ2v) is 20.2. The van der Waals surface area contributed by atoms with Crippen molar-refractivity contribution in [3.05, 3.63) is 205 Å². The van der Waals surface area contributed by atoms with Gasteiger partial charge < -0.3 is 0 Å². The zero-order valence-corrected chi connectivity index (χ0v) is 37.0. The minimum Gasteiger partial charge on any atom is -0.0610 e. The van der Waals surface area contributed by atoms with E-state index in [0.717, 1.165) is 0 Å². The average Bonchev–Trinajstić information content (AvgIpc) is 3.94. The van der Waals surface area contributed by atoms with Crippen LogP contribution in [0.1, 0.15) is 25.0 Å². The average molecular weight is 843 g/mol. The van der Waals surface area contributed by atoms with Crippen LogP contribution in [0.25, 0.3) is 164 Å². The Labute approximate surface area is 386 Å². The van der Waals surface area contributed by atoms with E-state index >= 15 is 0 Å². The predicted molar refractivity (Wildman–Crippen MR) is 286 cm³/mol. The van der Waals surface area contributed by atoms with Crippen molar-refractivity contribution in [1.82, 2.24) is 0 Å². The predicted octanol–water partition coefficient (Wildman–Crippen LogP) is 18.7. The van der Waals surface area contributed by atoms with Gasteiger partial charge in [-0.1, -0.05) is 184 Å². The third-order valence-corrected chi connectivity index (χ3v) is 16.8. The van der Waals surface area contributed by atoms with E-state index in [9.17, 15) is 0 Å². The lowest BCUT2D eigenvalue weighted by molar-refractivity contribution is 0.661. The molecule has 3 aliphatic rings. The Morgan fingerprint density at radius 2 is 0.507 bits per heavy atom. The van der Waals surface area contributed by atoms with Gasteiger partial charge in [-0.05, 0) is 199 Å². The van der Waals surface area contributed by atoms with Crippen molar-refractivity contribution >= 4 is 86.2 Å². The van der Waals surface area contributed by atoms with Crippen molar-refractivity contribution in [2.24, 2.45) is 0 Å². The molecule has 0 fully saturated rings. The summed E-state index contributed by atoms with van der Waals surface area (Å²) in [4.78, 5) is 0. The van der Waals surface area contributed by atoms with Crippen molar-refractivity contribution in [1.29, 1.82) is 0 Å². The Bertz CT molecular complexity index is 4310. The third kappa shape index (κ3) is 4.15. The van der Waals surface area contributed by atoms with Gasteiger partial charge in [-0.2, -0.15) is 0 Å². The van der Waals surface area contributed by atoms with Gasteiger partial charge >= 0.3 is 0 Å². The van der Waals surface area contributed by atoms with E-state index < -0.39 is 0 Å². The molecular weight excluding hydrogens is 805 g/mol. The highest BCUT2D eigenvalue weighted by Crippen LogP contribution is 2.60. The molecule has 0 bridgehead atoms. The minimum atomic E-state index is -0.167. The molecule has 14 aromatic carbocycles. The van der Waals surface area contributed by atoms with Crippen LogP contribution in [0.4, 0.5) is 0 Å². The van der Waals surface area contributed by atoms with Crippen LogP contribution >= 0.6 is 0 Å². The fraction of sp³-hybridized carbons (Fsp3) is 0.0448. The molecule has 0 aromatic heterocycles. The number of rotatable bonds is 2. The molecule has 0 heteroatoms. The number of hydrogen-bond acceptors (Lipinski definition) is 0. The largest absolute Gasteiger partial charge is 0.0610 e. The van der Waals surface area contributed by atoms with Gasteiger partial charge in [-0.25, -0.2) is 0 Å². The third-order valence-electron chi connectivity index (χ3n) is 16.8. The second kappa shape index (κ2) is 11.7. The summed E-state index contributed by atoms with van der Waals surface area (Å²) in [6.07, 6.45) is 0.